The van der Waals surface area contributed by atoms with Crippen LogP contribution >= 0.6 is 11.8 Å². The van der Waals surface area contributed by atoms with E-state index in [1.807, 2.05) is 54.5 Å². The number of allylic oxidation sites excluding steroid dienone is 2. The van der Waals surface area contributed by atoms with Gasteiger partial charge in [0.25, 0.3) is 5.91 Å². The molecular weight excluding hydrogens is 1300 g/mol. The normalized spacial score (nSPS) is 26.6. The standard InChI is InChI=1S/C73H130N12O14S/c1-26-29-32-49(14)60(86)59-64(90)76-52(28-3)66(92)84(25)72(100-39-31-30-33-85-34-37-98-38-35-85)71(97)81(22)56(43-73(17,18)99-36-27-2)63(89)77-57(47(10)11)69(95)78(19)53(40-44(4)5)62(88)74-50(15)61(87)75-51(16)65(91)79(20)54(41-45(6)7)67(93)80(21)55(42-46(8)9)68(94)82(23)58(48(12)13)70(96)83(59)24/h26-27,29,44-60,72,86H,2,28,30-43H2,1,3-25H3,(H,74,88)(H,75,87)(H,76,90)(H,77,89)/b29-26+/t49-,50+,51-,52+,53+,54+,55+,56+,57+,58+,59+,60-,72-/m1/s1. The Morgan fingerprint density at radius 1 is 0.570 bits per heavy atom. The smallest absolute Gasteiger partial charge is 0.256 e. The molecule has 2 aliphatic heterocycles. The fourth-order valence-corrected chi connectivity index (χ4v) is 13.9. The van der Waals surface area contributed by atoms with Gasteiger partial charge in [-0.2, -0.15) is 0 Å². The third-order valence-corrected chi connectivity index (χ3v) is 20.4. The van der Waals surface area contributed by atoms with E-state index in [0.717, 1.165) is 31.0 Å². The van der Waals surface area contributed by atoms with Crippen LogP contribution in [0.1, 0.15) is 169 Å². The Balaban J connectivity index is 3.16. The summed E-state index contributed by atoms with van der Waals surface area (Å²) in [5, 5.41) is 22.3. The molecule has 11 amide bonds. The molecule has 0 spiro atoms. The Labute approximate surface area is 603 Å². The van der Waals surface area contributed by atoms with Crippen LogP contribution in [0.15, 0.2) is 24.8 Å². The number of aliphatic hydroxyl groups excluding tert-OH is 1. The lowest BCUT2D eigenvalue weighted by molar-refractivity contribution is -0.157. The zero-order chi connectivity index (χ0) is 76.5. The number of rotatable bonds is 24. The van der Waals surface area contributed by atoms with Crippen molar-refractivity contribution >= 4 is 76.7 Å². The summed E-state index contributed by atoms with van der Waals surface area (Å²) in [5.74, 6) is -9.68. The summed E-state index contributed by atoms with van der Waals surface area (Å²) in [5.41, 5.74) is -1.11. The highest BCUT2D eigenvalue weighted by molar-refractivity contribution is 8.00. The topological polar surface area (TPSA) is 301 Å². The number of unbranched alkanes of at least 4 members (excludes halogenated alkanes) is 1. The summed E-state index contributed by atoms with van der Waals surface area (Å²) in [6, 6.07) is -13.0. The Morgan fingerprint density at radius 3 is 1.57 bits per heavy atom. The molecule has 0 unspecified atom stereocenters. The molecule has 27 heteroatoms. The van der Waals surface area contributed by atoms with Crippen molar-refractivity contribution in [1.29, 1.82) is 0 Å². The maximum atomic E-state index is 15.7. The molecule has 2 rings (SSSR count). The number of thioether (sulfide) groups is 1. The average Bonchev–Trinajstić information content (AvgIpc) is 0.804. The van der Waals surface area contributed by atoms with Gasteiger partial charge < -0.3 is 70.1 Å². The fraction of sp³-hybridized carbons (Fsp3) is 0.795. The summed E-state index contributed by atoms with van der Waals surface area (Å²) in [6.07, 6.45) is 5.53. The molecule has 5 N–H and O–H groups in total. The fourth-order valence-electron chi connectivity index (χ4n) is 12.7. The molecule has 100 heavy (non-hydrogen) atoms. The highest BCUT2D eigenvalue weighted by Crippen LogP contribution is 2.29. The predicted octanol–water partition coefficient (Wildman–Crippen LogP) is 4.77. The number of morpholine rings is 1. The largest absolute Gasteiger partial charge is 0.390 e. The maximum Gasteiger partial charge on any atom is 0.256 e. The molecule has 2 saturated heterocycles. The minimum absolute atomic E-state index is 0.0204. The molecule has 0 aromatic carbocycles. The van der Waals surface area contributed by atoms with Gasteiger partial charge in [0, 0.05) is 68.8 Å². The number of amides is 11. The van der Waals surface area contributed by atoms with Crippen LogP contribution in [-0.2, 0) is 62.2 Å². The van der Waals surface area contributed by atoms with Crippen molar-refractivity contribution in [2.45, 2.75) is 247 Å². The lowest BCUT2D eigenvalue weighted by Gasteiger charge is -2.41. The maximum absolute atomic E-state index is 15.7. The number of likely N-dealkylation sites (N-methyl/N-ethyl adjacent to an activating group) is 7. The molecule has 2 heterocycles. The van der Waals surface area contributed by atoms with Gasteiger partial charge in [0.05, 0.1) is 31.5 Å². The third kappa shape index (κ3) is 26.3. The zero-order valence-electron chi connectivity index (χ0n) is 65.2. The van der Waals surface area contributed by atoms with E-state index >= 15 is 38.4 Å². The van der Waals surface area contributed by atoms with Gasteiger partial charge in [-0.1, -0.05) is 101 Å². The summed E-state index contributed by atoms with van der Waals surface area (Å²) >= 11 is 1.18. The number of nitrogens with one attached hydrogen (secondary N) is 4. The summed E-state index contributed by atoms with van der Waals surface area (Å²) in [6.45, 7) is 37.1. The van der Waals surface area contributed by atoms with E-state index in [2.05, 4.69) is 32.7 Å². The first kappa shape index (κ1) is 89.9. The van der Waals surface area contributed by atoms with Crippen molar-refractivity contribution in [3.8, 4) is 0 Å². The van der Waals surface area contributed by atoms with Crippen LogP contribution in [-0.4, -0.2) is 281 Å². The van der Waals surface area contributed by atoms with Gasteiger partial charge in [-0.05, 0) is 127 Å². The van der Waals surface area contributed by atoms with Crippen LogP contribution in [0.4, 0.5) is 0 Å². The van der Waals surface area contributed by atoms with E-state index in [1.54, 1.807) is 67.5 Å². The highest BCUT2D eigenvalue weighted by atomic mass is 32.2. The second-order valence-electron chi connectivity index (χ2n) is 30.1. The Bertz CT molecular complexity index is 2740. The average molecular weight is 1430 g/mol. The van der Waals surface area contributed by atoms with Gasteiger partial charge in [-0.15, -0.1) is 18.3 Å². The van der Waals surface area contributed by atoms with Crippen LogP contribution in [0.5, 0.6) is 0 Å². The summed E-state index contributed by atoms with van der Waals surface area (Å²) < 4.78 is 11.7. The molecule has 0 aromatic rings. The van der Waals surface area contributed by atoms with Crippen molar-refractivity contribution in [2.75, 3.05) is 94.5 Å². The second-order valence-corrected chi connectivity index (χ2v) is 31.3. The molecule has 0 radical (unpaired) electrons. The molecular formula is C73H130N12O14S. The minimum atomic E-state index is -1.66. The third-order valence-electron chi connectivity index (χ3n) is 19.0. The van der Waals surface area contributed by atoms with Crippen molar-refractivity contribution in [3.05, 3.63) is 24.8 Å². The second kappa shape index (κ2) is 42.4. The van der Waals surface area contributed by atoms with Gasteiger partial charge >= 0.3 is 0 Å². The molecule has 0 bridgehead atoms. The first-order chi connectivity index (χ1) is 46.5. The van der Waals surface area contributed by atoms with Crippen LogP contribution in [0.3, 0.4) is 0 Å². The van der Waals surface area contributed by atoms with E-state index in [1.165, 1.54) is 104 Å². The SMILES string of the molecule is C=CCOC(C)(C)C[C@H]1C(=O)N[C@@H](C(C)C)C(=O)N(C)[C@@H](CC(C)C)C(=O)N[C@@H](C)C(=O)N[C@H](C)C(=O)N(C)[C@@H](CC(C)C)C(=O)N(C)[C@@H](CC(C)C)C(=O)N(C)[C@@H](C(C)C)C(=O)N(C)[C@@H]([C@H](O)[C@H](C)C/C=C/C)C(=O)N[C@@H](CC)C(=O)N(C)[C@H](SCCCCN2CCOCC2)C(=O)N1C. The lowest BCUT2D eigenvalue weighted by Crippen LogP contribution is -2.64. The first-order valence-electron chi connectivity index (χ1n) is 36.1. The van der Waals surface area contributed by atoms with Crippen LogP contribution in [0.25, 0.3) is 0 Å². The first-order valence-corrected chi connectivity index (χ1v) is 37.1. The Hall–Kier alpha value is -6.16. The highest BCUT2D eigenvalue weighted by Gasteiger charge is 2.47. The van der Waals surface area contributed by atoms with Gasteiger partial charge in [0.2, 0.25) is 59.1 Å². The van der Waals surface area contributed by atoms with Crippen LogP contribution in [0, 0.1) is 35.5 Å². The molecule has 572 valence electrons. The van der Waals surface area contributed by atoms with Crippen molar-refractivity contribution < 1.29 is 67.3 Å². The number of ether oxygens (including phenoxy) is 2. The number of carbonyl (C=O) groups is 11. The van der Waals surface area contributed by atoms with Crippen molar-refractivity contribution in [1.82, 2.24) is 60.5 Å². The van der Waals surface area contributed by atoms with E-state index in [0.29, 0.717) is 25.4 Å². The predicted molar refractivity (Wildman–Crippen MR) is 392 cm³/mol. The Kier molecular flexibility index (Phi) is 38.2. The van der Waals surface area contributed by atoms with Gasteiger partial charge in [0.1, 0.15) is 60.4 Å². The molecule has 0 saturated carbocycles. The van der Waals surface area contributed by atoms with Crippen molar-refractivity contribution in [2.24, 2.45) is 35.5 Å². The van der Waals surface area contributed by atoms with Crippen LogP contribution in [0.2, 0.25) is 0 Å². The lowest BCUT2D eigenvalue weighted by atomic mass is 9.91. The van der Waals surface area contributed by atoms with E-state index in [4.69, 9.17) is 9.47 Å². The molecule has 0 aromatic heterocycles. The summed E-state index contributed by atoms with van der Waals surface area (Å²) in [7, 11) is 10.0. The number of nitrogens with zero attached hydrogens (tertiary/aromatic N) is 8. The van der Waals surface area contributed by atoms with Gasteiger partial charge in [-0.3, -0.25) is 57.6 Å². The van der Waals surface area contributed by atoms with Gasteiger partial charge in [-0.25, -0.2) is 0 Å². The van der Waals surface area contributed by atoms with Gasteiger partial charge in [0.15, 0.2) is 5.37 Å². The quantitative estimate of drug-likeness (QED) is 0.0643. The molecule has 13 atom stereocenters. The Morgan fingerprint density at radius 2 is 1.06 bits per heavy atom. The van der Waals surface area contributed by atoms with Crippen LogP contribution < -0.4 is 21.3 Å². The minimum Gasteiger partial charge on any atom is -0.390 e. The summed E-state index contributed by atoms with van der Waals surface area (Å²) in [4.78, 5) is 177. The van der Waals surface area contributed by atoms with Crippen molar-refractivity contribution in [3.63, 3.8) is 0 Å². The number of hydrogen-bond acceptors (Lipinski definition) is 16. The molecule has 0 aliphatic carbocycles. The van der Waals surface area contributed by atoms with E-state index in [9.17, 15) is 19.5 Å². The van der Waals surface area contributed by atoms with E-state index in [-0.39, 0.29) is 62.9 Å². The molecule has 2 fully saturated rings. The van der Waals surface area contributed by atoms with E-state index < -0.39 is 160 Å². The number of hydrogen-bond donors (Lipinski definition) is 5. The zero-order valence-corrected chi connectivity index (χ0v) is 66.0. The monoisotopic (exact) mass is 1430 g/mol. The number of carbonyl (C=O) groups excluding carboxylic acids is 11. The number of aliphatic hydroxyl groups is 1. The molecule has 26 nitrogen and oxygen atoms in total. The molecule has 2 aliphatic rings.